The Morgan fingerprint density at radius 3 is 2.76 bits per heavy atom. The van der Waals surface area contributed by atoms with Crippen molar-refractivity contribution in [3.05, 3.63) is 23.0 Å². The summed E-state index contributed by atoms with van der Waals surface area (Å²) in [6.07, 6.45) is 1.56. The van der Waals surface area contributed by atoms with Gasteiger partial charge in [0.25, 0.3) is 0 Å². The normalized spacial score (nSPS) is 11.1. The Bertz CT molecular complexity index is 367. The van der Waals surface area contributed by atoms with Gasteiger partial charge in [0.2, 0.25) is 0 Å². The molecule has 0 atom stereocenters. The van der Waals surface area contributed by atoms with E-state index in [0.29, 0.717) is 35.9 Å². The molecule has 0 aliphatic rings. The first-order valence-electron chi connectivity index (χ1n) is 5.68. The summed E-state index contributed by atoms with van der Waals surface area (Å²) in [5.41, 5.74) is 4.56. The Morgan fingerprint density at radius 1 is 1.47 bits per heavy atom. The number of nitrogens with zero attached hydrogens (tertiary/aromatic N) is 1. The number of hydrogen-bond donors (Lipinski definition) is 3. The van der Waals surface area contributed by atoms with Gasteiger partial charge in [0.05, 0.1) is 25.5 Å². The summed E-state index contributed by atoms with van der Waals surface area (Å²) in [4.78, 5) is 9.22. The first-order chi connectivity index (χ1) is 8.06. The Kier molecular flexibility index (Phi) is 5.34. The smallest absolute Gasteiger partial charge is 0.141 e. The fourth-order valence-corrected chi connectivity index (χ4v) is 1.37. The van der Waals surface area contributed by atoms with Crippen molar-refractivity contribution in [1.82, 2.24) is 10.5 Å². The molecule has 5 nitrogen and oxygen atoms in total. The van der Waals surface area contributed by atoms with E-state index in [-0.39, 0.29) is 12.4 Å². The first-order valence-corrected chi connectivity index (χ1v) is 5.68. The lowest BCUT2D eigenvalue weighted by Crippen LogP contribution is -2.18. The van der Waals surface area contributed by atoms with Crippen LogP contribution in [0.3, 0.4) is 0 Å². The number of hydrogen-bond acceptors (Lipinski definition) is 5. The van der Waals surface area contributed by atoms with Gasteiger partial charge in [0.15, 0.2) is 0 Å². The van der Waals surface area contributed by atoms with Gasteiger partial charge in [-0.1, -0.05) is 13.8 Å². The minimum atomic E-state index is -0.151. The van der Waals surface area contributed by atoms with Crippen molar-refractivity contribution in [2.75, 3.05) is 6.61 Å². The fraction of sp³-hybridized carbons (Fsp3) is 0.583. The van der Waals surface area contributed by atoms with Crippen LogP contribution in [0.25, 0.3) is 0 Å². The highest BCUT2D eigenvalue weighted by molar-refractivity contribution is 5.40. The predicted octanol–water partition coefficient (Wildman–Crippen LogP) is 1.27. The Balaban J connectivity index is 2.65. The molecule has 1 heterocycles. The molecule has 0 aliphatic heterocycles. The number of aliphatic hydroxyl groups is 1. The van der Waals surface area contributed by atoms with Crippen LogP contribution < -0.4 is 5.48 Å². The van der Waals surface area contributed by atoms with Crippen molar-refractivity contribution in [2.45, 2.75) is 33.9 Å². The number of aliphatic hydroxyl groups excluding tert-OH is 1. The zero-order chi connectivity index (χ0) is 12.8. The average molecular weight is 240 g/mol. The second-order valence-corrected chi connectivity index (χ2v) is 4.38. The fourth-order valence-electron chi connectivity index (χ4n) is 1.37. The van der Waals surface area contributed by atoms with Gasteiger partial charge < -0.3 is 15.1 Å². The van der Waals surface area contributed by atoms with Gasteiger partial charge in [-0.25, -0.2) is 0 Å². The molecule has 0 radical (unpaired) electrons. The minimum absolute atomic E-state index is 0.109. The highest BCUT2D eigenvalue weighted by Crippen LogP contribution is 2.23. The average Bonchev–Trinajstić information content (AvgIpc) is 2.29. The molecule has 1 aromatic heterocycles. The summed E-state index contributed by atoms with van der Waals surface area (Å²) < 4.78 is 0. The molecule has 5 heteroatoms. The van der Waals surface area contributed by atoms with Gasteiger partial charge >= 0.3 is 0 Å². The summed E-state index contributed by atoms with van der Waals surface area (Å²) >= 11 is 0. The van der Waals surface area contributed by atoms with Crippen molar-refractivity contribution >= 4 is 0 Å². The predicted molar refractivity (Wildman–Crippen MR) is 64.2 cm³/mol. The van der Waals surface area contributed by atoms with Crippen molar-refractivity contribution in [1.29, 1.82) is 0 Å². The number of nitrogens with one attached hydrogen (secondary N) is 1. The van der Waals surface area contributed by atoms with Crippen LogP contribution in [-0.2, 0) is 18.0 Å². The molecule has 0 saturated heterocycles. The molecule has 0 saturated carbocycles. The van der Waals surface area contributed by atoms with E-state index < -0.39 is 0 Å². The van der Waals surface area contributed by atoms with Crippen LogP contribution in [0.1, 0.15) is 30.7 Å². The van der Waals surface area contributed by atoms with Gasteiger partial charge in [-0.05, 0) is 12.8 Å². The second-order valence-electron chi connectivity index (χ2n) is 4.38. The van der Waals surface area contributed by atoms with E-state index in [4.69, 9.17) is 9.94 Å². The standard InChI is InChI=1S/C12H20N2O3/c1-8(2)7-17-14-5-11-10(6-15)4-13-9(3)12(11)16/h4,8,14-16H,5-7H2,1-3H3. The number of pyridine rings is 1. The maximum atomic E-state index is 9.85. The topological polar surface area (TPSA) is 74.6 Å². The van der Waals surface area contributed by atoms with Crippen molar-refractivity contribution in [2.24, 2.45) is 5.92 Å². The summed E-state index contributed by atoms with van der Waals surface area (Å²) in [5.74, 6) is 0.546. The Morgan fingerprint density at radius 2 is 2.18 bits per heavy atom. The summed E-state index contributed by atoms with van der Waals surface area (Å²) in [6.45, 7) is 6.61. The molecule has 1 aromatic rings. The molecule has 17 heavy (non-hydrogen) atoms. The van der Waals surface area contributed by atoms with Gasteiger partial charge in [-0.15, -0.1) is 0 Å². The third kappa shape index (κ3) is 3.96. The van der Waals surface area contributed by atoms with E-state index in [1.54, 1.807) is 13.1 Å². The Labute approximate surface area is 101 Å². The molecule has 96 valence electrons. The molecule has 3 N–H and O–H groups in total. The molecule has 0 aromatic carbocycles. The quantitative estimate of drug-likeness (QED) is 0.515. The Hall–Kier alpha value is -1.17. The molecular formula is C12H20N2O3. The molecule has 0 bridgehead atoms. The van der Waals surface area contributed by atoms with Crippen LogP contribution in [-0.4, -0.2) is 21.8 Å². The third-order valence-corrected chi connectivity index (χ3v) is 2.37. The molecule has 0 unspecified atom stereocenters. The lowest BCUT2D eigenvalue weighted by Gasteiger charge is -2.13. The highest BCUT2D eigenvalue weighted by atomic mass is 16.6. The van der Waals surface area contributed by atoms with Crippen LogP contribution >= 0.6 is 0 Å². The highest BCUT2D eigenvalue weighted by Gasteiger charge is 2.10. The minimum Gasteiger partial charge on any atom is -0.506 e. The largest absolute Gasteiger partial charge is 0.506 e. The first kappa shape index (κ1) is 13.9. The number of rotatable bonds is 6. The summed E-state index contributed by atoms with van der Waals surface area (Å²) in [6, 6.07) is 0. The van der Waals surface area contributed by atoms with Crippen LogP contribution in [0.2, 0.25) is 0 Å². The molecule has 1 rings (SSSR count). The van der Waals surface area contributed by atoms with E-state index in [0.717, 1.165) is 0 Å². The zero-order valence-electron chi connectivity index (χ0n) is 10.5. The lowest BCUT2D eigenvalue weighted by molar-refractivity contribution is 0.0190. The molecule has 0 amide bonds. The van der Waals surface area contributed by atoms with Crippen LogP contribution in [0.4, 0.5) is 0 Å². The lowest BCUT2D eigenvalue weighted by atomic mass is 10.1. The van der Waals surface area contributed by atoms with Crippen LogP contribution in [0.5, 0.6) is 5.75 Å². The van der Waals surface area contributed by atoms with Crippen LogP contribution in [0.15, 0.2) is 6.20 Å². The maximum Gasteiger partial charge on any atom is 0.141 e. The van der Waals surface area contributed by atoms with E-state index in [1.165, 1.54) is 0 Å². The van der Waals surface area contributed by atoms with Gasteiger partial charge in [0.1, 0.15) is 5.75 Å². The molecular weight excluding hydrogens is 220 g/mol. The number of aryl methyl sites for hydroxylation is 1. The molecule has 0 spiro atoms. The van der Waals surface area contributed by atoms with E-state index >= 15 is 0 Å². The van der Waals surface area contributed by atoms with Crippen LogP contribution in [0, 0.1) is 12.8 Å². The van der Waals surface area contributed by atoms with Gasteiger partial charge in [-0.3, -0.25) is 4.98 Å². The summed E-state index contributed by atoms with van der Waals surface area (Å²) in [5, 5.41) is 19.0. The maximum absolute atomic E-state index is 9.85. The van der Waals surface area contributed by atoms with E-state index in [9.17, 15) is 5.11 Å². The second kappa shape index (κ2) is 6.54. The monoisotopic (exact) mass is 240 g/mol. The molecule has 0 fully saturated rings. The SMILES string of the molecule is Cc1ncc(CO)c(CNOCC(C)C)c1O. The zero-order valence-corrected chi connectivity index (χ0v) is 10.5. The molecule has 0 aliphatic carbocycles. The van der Waals surface area contributed by atoms with Gasteiger partial charge in [0, 0.05) is 17.3 Å². The number of hydroxylamine groups is 1. The van der Waals surface area contributed by atoms with E-state index in [2.05, 4.69) is 24.3 Å². The number of aromatic nitrogens is 1. The number of aromatic hydroxyl groups is 1. The third-order valence-electron chi connectivity index (χ3n) is 2.37. The summed E-state index contributed by atoms with van der Waals surface area (Å²) in [7, 11) is 0. The van der Waals surface area contributed by atoms with Crippen molar-refractivity contribution < 1.29 is 15.1 Å². The van der Waals surface area contributed by atoms with Crippen molar-refractivity contribution in [3.63, 3.8) is 0 Å². The van der Waals surface area contributed by atoms with Crippen molar-refractivity contribution in [3.8, 4) is 5.75 Å². The van der Waals surface area contributed by atoms with Gasteiger partial charge in [-0.2, -0.15) is 5.48 Å². The van der Waals surface area contributed by atoms with E-state index in [1.807, 2.05) is 0 Å².